The molecule has 0 rings (SSSR count). The molecule has 210 valence electrons. The zero-order valence-electron chi connectivity index (χ0n) is 14.6. The van der Waals surface area contributed by atoms with E-state index in [0.29, 0.717) is 0 Å². The van der Waals surface area contributed by atoms with Crippen molar-refractivity contribution < 1.29 is 100 Å². The monoisotopic (exact) mass is 806 g/mol. The molecule has 0 atom stereocenters. The Hall–Kier alpha value is -0.518. The van der Waals surface area contributed by atoms with Gasteiger partial charge < -0.3 is 0 Å². The molecule has 0 heterocycles. The molecule has 2 radical (unpaired) electrons. The van der Waals surface area contributed by atoms with Gasteiger partial charge >= 0.3 is 192 Å². The van der Waals surface area contributed by atoms with Crippen LogP contribution in [0.4, 0.5) is 79.0 Å². The minimum atomic E-state index is -7.98. The van der Waals surface area contributed by atoms with Crippen LogP contribution in [-0.2, 0) is 24.5 Å². The van der Waals surface area contributed by atoms with Crippen LogP contribution in [0.3, 0.4) is 0 Å². The molecule has 0 saturated carbocycles. The topological polar surface area (TPSA) is 86.7 Å². The first-order valence-electron chi connectivity index (χ1n) is 6.72. The maximum absolute atomic E-state index is 13.2. The van der Waals surface area contributed by atoms with E-state index in [1.807, 2.05) is 0 Å². The standard InChI is InChI=1S/2C4HF9O3S.Pb/c2*5-1(6,3(9,10)11)2(7,8)4(12,13)17(14,15)16;/h2*(H,14,15,16);/q;;+2/p-2. The van der Waals surface area contributed by atoms with Crippen LogP contribution in [0.2, 0.25) is 0 Å². The molecule has 0 aliphatic rings. The summed E-state index contributed by atoms with van der Waals surface area (Å²) in [5.41, 5.74) is 0. The molecule has 0 unspecified atom stereocenters. The van der Waals surface area contributed by atoms with Gasteiger partial charge in [-0.2, -0.15) is 0 Å². The fraction of sp³-hybridized carbons (Fsp3) is 1.00. The number of hydrogen-bond donors (Lipinski definition) is 0. The van der Waals surface area contributed by atoms with Gasteiger partial charge in [0.05, 0.1) is 0 Å². The molecule has 0 bridgehead atoms. The van der Waals surface area contributed by atoms with Crippen molar-refractivity contribution in [2.24, 2.45) is 0 Å². The van der Waals surface area contributed by atoms with Crippen LogP contribution in [0, 0.1) is 0 Å². The fourth-order valence-electron chi connectivity index (χ4n) is 1.24. The molecular formula is C8F18O6PbS2. The van der Waals surface area contributed by atoms with Crippen LogP contribution in [0.15, 0.2) is 0 Å². The minimum absolute atomic E-state index is 2.53. The van der Waals surface area contributed by atoms with Crippen molar-refractivity contribution in [1.29, 1.82) is 0 Å². The van der Waals surface area contributed by atoms with Crippen molar-refractivity contribution in [2.75, 3.05) is 0 Å². The van der Waals surface area contributed by atoms with Gasteiger partial charge in [0, 0.05) is 0 Å². The van der Waals surface area contributed by atoms with Gasteiger partial charge in [-0.3, -0.25) is 0 Å². The third-order valence-corrected chi connectivity index (χ3v) is 12.2. The van der Waals surface area contributed by atoms with E-state index < -0.39 is 91.9 Å². The van der Waals surface area contributed by atoms with Crippen molar-refractivity contribution in [2.45, 2.75) is 46.6 Å². The summed E-state index contributed by atoms with van der Waals surface area (Å²) in [6.07, 6.45) is -15.2. The molecule has 0 fully saturated rings. The first-order valence-corrected chi connectivity index (χ1v) is 12.7. The summed E-state index contributed by atoms with van der Waals surface area (Å²) in [5, 5.41) is -15.4. The van der Waals surface area contributed by atoms with Gasteiger partial charge in [-0.05, 0) is 0 Å². The Labute approximate surface area is 192 Å². The van der Waals surface area contributed by atoms with Gasteiger partial charge in [0.25, 0.3) is 0 Å². The van der Waals surface area contributed by atoms with Crippen LogP contribution >= 0.6 is 0 Å². The van der Waals surface area contributed by atoms with E-state index in [0.717, 1.165) is 0 Å². The van der Waals surface area contributed by atoms with Crippen molar-refractivity contribution in [3.8, 4) is 0 Å². The molecule has 6 nitrogen and oxygen atoms in total. The molecule has 0 aromatic carbocycles. The molecule has 0 N–H and O–H groups in total. The molecule has 0 saturated heterocycles. The second-order valence-corrected chi connectivity index (χ2v) is 13.2. The number of rotatable bonds is 10. The van der Waals surface area contributed by atoms with E-state index in [4.69, 9.17) is 0 Å². The SMILES string of the molecule is O=S(=O)([O][Pb][O]S(=O)(=O)C(F)(F)C(F)(F)C(F)(F)C(F)(F)F)C(F)(F)C(F)(F)C(F)(F)C(F)(F)F. The maximum atomic E-state index is 13.2. The Morgan fingerprint density at radius 2 is 0.600 bits per heavy atom. The van der Waals surface area contributed by atoms with Crippen LogP contribution < -0.4 is 0 Å². The van der Waals surface area contributed by atoms with Gasteiger partial charge in [0.2, 0.25) is 0 Å². The van der Waals surface area contributed by atoms with E-state index in [1.165, 1.54) is 0 Å². The summed E-state index contributed by atoms with van der Waals surface area (Å²) in [7, 11) is -15.9. The number of alkyl halides is 18. The summed E-state index contributed by atoms with van der Waals surface area (Å²) in [6.45, 7) is 0. The summed E-state index contributed by atoms with van der Waals surface area (Å²) in [5.74, 6) is -31.7. The van der Waals surface area contributed by atoms with Crippen LogP contribution in [-0.4, -0.2) is 88.5 Å². The molecular weight excluding hydrogens is 805 g/mol. The van der Waals surface area contributed by atoms with Crippen molar-refractivity contribution in [3.63, 3.8) is 0 Å². The van der Waals surface area contributed by atoms with Gasteiger partial charge in [0.15, 0.2) is 0 Å². The van der Waals surface area contributed by atoms with E-state index >= 15 is 0 Å². The van der Waals surface area contributed by atoms with Crippen LogP contribution in [0.1, 0.15) is 0 Å². The summed E-state index contributed by atoms with van der Waals surface area (Å²) in [6, 6.07) is 0. The van der Waals surface area contributed by atoms with Gasteiger partial charge in [0.1, 0.15) is 0 Å². The molecule has 0 aliphatic carbocycles. The second-order valence-electron chi connectivity index (χ2n) is 5.48. The third-order valence-electron chi connectivity index (χ3n) is 3.15. The molecule has 27 heteroatoms. The second kappa shape index (κ2) is 9.05. The van der Waals surface area contributed by atoms with Crippen molar-refractivity contribution in [1.82, 2.24) is 0 Å². The Balaban J connectivity index is 6.05. The Kier molecular flexibility index (Phi) is 8.91. The first-order chi connectivity index (χ1) is 14.7. The quantitative estimate of drug-likeness (QED) is 0.245. The molecule has 0 aromatic rings. The molecule has 0 aromatic heterocycles. The average molecular weight is 805 g/mol. The van der Waals surface area contributed by atoms with Crippen LogP contribution in [0.25, 0.3) is 0 Å². The summed E-state index contributed by atoms with van der Waals surface area (Å²) < 4.78 is 275. The van der Waals surface area contributed by atoms with Gasteiger partial charge in [-0.25, -0.2) is 0 Å². The number of halogens is 18. The van der Waals surface area contributed by atoms with Gasteiger partial charge in [-0.1, -0.05) is 0 Å². The summed E-state index contributed by atoms with van der Waals surface area (Å²) >= 11 is -5.69. The fourth-order valence-corrected chi connectivity index (χ4v) is 8.13. The van der Waals surface area contributed by atoms with Crippen LogP contribution in [0.5, 0.6) is 0 Å². The molecule has 0 spiro atoms. The average Bonchev–Trinajstić information content (AvgIpc) is 2.58. The Bertz CT molecular complexity index is 915. The summed E-state index contributed by atoms with van der Waals surface area (Å²) in [4.78, 5) is 0. The van der Waals surface area contributed by atoms with E-state index in [2.05, 4.69) is 4.27 Å². The van der Waals surface area contributed by atoms with Crippen molar-refractivity contribution in [3.05, 3.63) is 0 Å². The number of hydrogen-bond acceptors (Lipinski definition) is 6. The van der Waals surface area contributed by atoms with E-state index in [9.17, 15) is 95.9 Å². The van der Waals surface area contributed by atoms with E-state index in [-0.39, 0.29) is 0 Å². The third kappa shape index (κ3) is 5.25. The first kappa shape index (κ1) is 34.5. The Morgan fingerprint density at radius 3 is 0.771 bits per heavy atom. The van der Waals surface area contributed by atoms with Gasteiger partial charge in [-0.15, -0.1) is 0 Å². The van der Waals surface area contributed by atoms with Crippen molar-refractivity contribution >= 4 is 45.4 Å². The normalized spacial score (nSPS) is 16.5. The zero-order valence-corrected chi connectivity index (χ0v) is 20.1. The predicted octanol–water partition coefficient (Wildman–Crippen LogP) is 4.06. The molecule has 0 aliphatic heterocycles. The van der Waals surface area contributed by atoms with E-state index in [1.54, 1.807) is 0 Å². The molecule has 0 amide bonds. The predicted molar refractivity (Wildman–Crippen MR) is 67.6 cm³/mol. The Morgan fingerprint density at radius 1 is 0.400 bits per heavy atom. The zero-order chi connectivity index (χ0) is 29.1. The molecule has 35 heavy (non-hydrogen) atoms.